The second kappa shape index (κ2) is 9.71. The molecule has 0 unspecified atom stereocenters. The van der Waals surface area contributed by atoms with Crippen LogP contribution in [0.5, 0.6) is 0 Å². The Hall–Kier alpha value is -2.65. The van der Waals surface area contributed by atoms with Crippen molar-refractivity contribution >= 4 is 45.9 Å². The van der Waals surface area contributed by atoms with Crippen molar-refractivity contribution < 1.29 is 14.1 Å². The number of hydrogen-bond acceptors (Lipinski definition) is 7. The van der Waals surface area contributed by atoms with Crippen molar-refractivity contribution in [3.63, 3.8) is 0 Å². The molecule has 0 aliphatic rings. The number of carbonyl (C=O) groups is 2. The topological polar surface area (TPSA) is 97.1 Å². The van der Waals surface area contributed by atoms with Crippen LogP contribution in [0.3, 0.4) is 0 Å². The van der Waals surface area contributed by atoms with E-state index in [4.69, 9.17) is 4.52 Å². The largest absolute Gasteiger partial charge is 0.360 e. The molecule has 0 fully saturated rings. The van der Waals surface area contributed by atoms with Crippen molar-refractivity contribution in [3.8, 4) is 11.3 Å². The van der Waals surface area contributed by atoms with Gasteiger partial charge in [-0.15, -0.1) is 23.1 Å². The summed E-state index contributed by atoms with van der Waals surface area (Å²) in [5.41, 5.74) is 3.12. The van der Waals surface area contributed by atoms with E-state index in [-0.39, 0.29) is 23.3 Å². The van der Waals surface area contributed by atoms with E-state index in [1.807, 2.05) is 17.5 Å². The Morgan fingerprint density at radius 1 is 1.14 bits per heavy atom. The maximum atomic E-state index is 12.1. The molecule has 2 N–H and O–H groups in total. The zero-order valence-corrected chi connectivity index (χ0v) is 18.0. The highest BCUT2D eigenvalue weighted by Crippen LogP contribution is 2.26. The molecule has 0 atom stereocenters. The summed E-state index contributed by atoms with van der Waals surface area (Å²) in [4.78, 5) is 28.4. The summed E-state index contributed by atoms with van der Waals surface area (Å²) in [6.07, 6.45) is 0. The van der Waals surface area contributed by atoms with E-state index in [2.05, 4.69) is 46.8 Å². The van der Waals surface area contributed by atoms with Crippen molar-refractivity contribution in [2.75, 3.05) is 22.1 Å². The van der Waals surface area contributed by atoms with Gasteiger partial charge in [-0.25, -0.2) is 4.98 Å². The van der Waals surface area contributed by atoms with Crippen molar-refractivity contribution in [3.05, 3.63) is 47.0 Å². The summed E-state index contributed by atoms with van der Waals surface area (Å²) in [6.45, 7) is 6.05. The fourth-order valence-corrected chi connectivity index (χ4v) is 3.85. The second-order valence-electron chi connectivity index (χ2n) is 6.73. The lowest BCUT2D eigenvalue weighted by Crippen LogP contribution is -2.18. The van der Waals surface area contributed by atoms with Gasteiger partial charge in [0.2, 0.25) is 11.8 Å². The molecule has 0 saturated carbocycles. The molecule has 7 nitrogen and oxygen atoms in total. The number of thioether (sulfide) groups is 1. The third-order valence-electron chi connectivity index (χ3n) is 3.99. The first-order chi connectivity index (χ1) is 13.9. The van der Waals surface area contributed by atoms with Gasteiger partial charge in [0.15, 0.2) is 10.9 Å². The van der Waals surface area contributed by atoms with Crippen LogP contribution in [0.15, 0.2) is 40.2 Å². The van der Waals surface area contributed by atoms with Crippen molar-refractivity contribution in [1.82, 2.24) is 10.1 Å². The molecule has 3 aromatic rings. The van der Waals surface area contributed by atoms with Crippen molar-refractivity contribution in [1.29, 1.82) is 0 Å². The molecule has 0 bridgehead atoms. The van der Waals surface area contributed by atoms with E-state index in [0.29, 0.717) is 22.6 Å². The molecule has 0 saturated heterocycles. The van der Waals surface area contributed by atoms with Crippen LogP contribution in [0.4, 0.5) is 10.9 Å². The maximum absolute atomic E-state index is 12.1. The van der Waals surface area contributed by atoms with E-state index in [9.17, 15) is 9.59 Å². The highest BCUT2D eigenvalue weighted by Gasteiger charge is 2.11. The van der Waals surface area contributed by atoms with Crippen LogP contribution < -0.4 is 10.6 Å². The lowest BCUT2D eigenvalue weighted by molar-refractivity contribution is -0.114. The van der Waals surface area contributed by atoms with Crippen LogP contribution >= 0.6 is 23.1 Å². The summed E-state index contributed by atoms with van der Waals surface area (Å²) >= 11 is 2.59. The lowest BCUT2D eigenvalue weighted by atomic mass is 10.0. The average Bonchev–Trinajstić information content (AvgIpc) is 3.30. The predicted molar refractivity (Wildman–Crippen MR) is 117 cm³/mol. The maximum Gasteiger partial charge on any atom is 0.236 e. The number of benzene rings is 1. The van der Waals surface area contributed by atoms with Gasteiger partial charge in [0.05, 0.1) is 17.2 Å². The fourth-order valence-electron chi connectivity index (χ4n) is 2.50. The van der Waals surface area contributed by atoms with Crippen molar-refractivity contribution in [2.24, 2.45) is 0 Å². The zero-order valence-electron chi connectivity index (χ0n) is 16.4. The number of aromatic nitrogens is 2. The molecular weight excluding hydrogens is 408 g/mol. The number of nitrogens with zero attached hydrogens (tertiary/aromatic N) is 2. The minimum atomic E-state index is -0.238. The molecule has 29 heavy (non-hydrogen) atoms. The number of carbonyl (C=O) groups excluding carboxylic acids is 2. The zero-order chi connectivity index (χ0) is 20.8. The smallest absolute Gasteiger partial charge is 0.236 e. The van der Waals surface area contributed by atoms with E-state index >= 15 is 0 Å². The van der Waals surface area contributed by atoms with Crippen LogP contribution in [-0.4, -0.2) is 33.5 Å². The van der Waals surface area contributed by atoms with Gasteiger partial charge < -0.3 is 15.2 Å². The Balaban J connectivity index is 1.44. The first kappa shape index (κ1) is 21.1. The highest BCUT2D eigenvalue weighted by molar-refractivity contribution is 8.00. The molecule has 2 amide bonds. The summed E-state index contributed by atoms with van der Waals surface area (Å²) < 4.78 is 4.88. The highest BCUT2D eigenvalue weighted by atomic mass is 32.2. The molecule has 0 spiro atoms. The van der Waals surface area contributed by atoms with E-state index in [0.717, 1.165) is 11.3 Å². The minimum Gasteiger partial charge on any atom is -0.360 e. The molecule has 152 valence electrons. The molecule has 3 rings (SSSR count). The number of rotatable bonds is 8. The molecule has 0 radical (unpaired) electrons. The van der Waals surface area contributed by atoms with Crippen LogP contribution in [0, 0.1) is 6.92 Å². The number of nitrogens with one attached hydrogen (secondary N) is 2. The van der Waals surface area contributed by atoms with Gasteiger partial charge in [-0.05, 0) is 18.4 Å². The fraction of sp³-hybridized carbons (Fsp3) is 0.300. The second-order valence-corrected chi connectivity index (χ2v) is 8.57. The molecule has 1 aromatic carbocycles. The van der Waals surface area contributed by atoms with Gasteiger partial charge in [-0.3, -0.25) is 9.59 Å². The van der Waals surface area contributed by atoms with Gasteiger partial charge >= 0.3 is 0 Å². The standard InChI is InChI=1S/C20H22N4O3S2/c1-12(2)14-4-6-15(7-5-14)16-9-29-20(21-16)23-19(26)11-28-10-18(25)22-17-8-13(3)27-24-17/h4-9,12H,10-11H2,1-3H3,(H,21,23,26)(H,22,24,25). The summed E-state index contributed by atoms with van der Waals surface area (Å²) in [6, 6.07) is 9.91. The van der Waals surface area contributed by atoms with Crippen LogP contribution in [0.2, 0.25) is 0 Å². The third kappa shape index (κ3) is 6.16. The Labute approximate surface area is 177 Å². The Bertz CT molecular complexity index is 980. The summed E-state index contributed by atoms with van der Waals surface area (Å²) in [5.74, 6) is 1.33. The van der Waals surface area contributed by atoms with Gasteiger partial charge in [-0.1, -0.05) is 43.3 Å². The Morgan fingerprint density at radius 2 is 1.83 bits per heavy atom. The van der Waals surface area contributed by atoms with E-state index < -0.39 is 0 Å². The predicted octanol–water partition coefficient (Wildman–Crippen LogP) is 4.54. The first-order valence-corrected chi connectivity index (χ1v) is 11.1. The molecule has 2 aromatic heterocycles. The monoisotopic (exact) mass is 430 g/mol. The normalized spacial score (nSPS) is 10.9. The number of anilines is 2. The SMILES string of the molecule is Cc1cc(NC(=O)CSCC(=O)Nc2nc(-c3ccc(C(C)C)cc3)cs2)no1. The molecule has 9 heteroatoms. The van der Waals surface area contributed by atoms with Gasteiger partial charge in [-0.2, -0.15) is 0 Å². The minimum absolute atomic E-state index is 0.143. The van der Waals surface area contributed by atoms with Gasteiger partial charge in [0, 0.05) is 17.0 Å². The molecule has 0 aliphatic carbocycles. The number of hydrogen-bond donors (Lipinski definition) is 2. The first-order valence-electron chi connectivity index (χ1n) is 9.07. The van der Waals surface area contributed by atoms with Gasteiger partial charge in [0.25, 0.3) is 0 Å². The Morgan fingerprint density at radius 3 is 2.45 bits per heavy atom. The number of thiazole rings is 1. The molecule has 2 heterocycles. The number of amides is 2. The van der Waals surface area contributed by atoms with Gasteiger partial charge in [0.1, 0.15) is 5.76 Å². The quantitative estimate of drug-likeness (QED) is 0.544. The summed E-state index contributed by atoms with van der Waals surface area (Å²) in [5, 5.41) is 11.5. The molecular formula is C20H22N4O3S2. The lowest BCUT2D eigenvalue weighted by Gasteiger charge is -2.05. The average molecular weight is 431 g/mol. The Kier molecular flexibility index (Phi) is 7.05. The number of aryl methyl sites for hydroxylation is 1. The molecule has 0 aliphatic heterocycles. The van der Waals surface area contributed by atoms with Crippen LogP contribution in [-0.2, 0) is 9.59 Å². The van der Waals surface area contributed by atoms with E-state index in [1.54, 1.807) is 13.0 Å². The summed E-state index contributed by atoms with van der Waals surface area (Å²) in [7, 11) is 0. The van der Waals surface area contributed by atoms with Crippen LogP contribution in [0.1, 0.15) is 31.1 Å². The van der Waals surface area contributed by atoms with E-state index in [1.165, 1.54) is 28.7 Å². The van der Waals surface area contributed by atoms with Crippen LogP contribution in [0.25, 0.3) is 11.3 Å². The third-order valence-corrected chi connectivity index (χ3v) is 5.68. The van der Waals surface area contributed by atoms with Crippen molar-refractivity contribution in [2.45, 2.75) is 26.7 Å².